The van der Waals surface area contributed by atoms with E-state index < -0.39 is 0 Å². The molecule has 0 N–H and O–H groups in total. The quantitative estimate of drug-likeness (QED) is 0.725. The lowest BCUT2D eigenvalue weighted by atomic mass is 10.1. The third kappa shape index (κ3) is 2.56. The fourth-order valence-electron chi connectivity index (χ4n) is 2.01. The first-order chi connectivity index (χ1) is 7.68. The fourth-order valence-corrected chi connectivity index (χ4v) is 2.52. The minimum Gasteiger partial charge on any atom is -0.339 e. The second-order valence-corrected chi connectivity index (χ2v) is 5.48. The molecule has 1 amide bonds. The van der Waals surface area contributed by atoms with Crippen LogP contribution in [0.2, 0.25) is 0 Å². The summed E-state index contributed by atoms with van der Waals surface area (Å²) < 4.78 is 1.17. The number of piperidine rings is 1. The number of hydrogen-bond acceptors (Lipinski definition) is 1. The molecule has 86 valence electrons. The molecule has 1 saturated heterocycles. The van der Waals surface area contributed by atoms with Gasteiger partial charge in [-0.15, -0.1) is 0 Å². The van der Waals surface area contributed by atoms with E-state index >= 15 is 0 Å². The van der Waals surface area contributed by atoms with Gasteiger partial charge in [0.1, 0.15) is 0 Å². The van der Waals surface area contributed by atoms with Gasteiger partial charge in [-0.05, 0) is 66.5 Å². The molecule has 1 aliphatic heterocycles. The van der Waals surface area contributed by atoms with Gasteiger partial charge in [-0.1, -0.05) is 6.07 Å². The molecular formula is C13H16INO. The summed E-state index contributed by atoms with van der Waals surface area (Å²) in [6, 6.07) is 5.96. The summed E-state index contributed by atoms with van der Waals surface area (Å²) in [6.45, 7) is 3.91. The van der Waals surface area contributed by atoms with Crippen molar-refractivity contribution in [3.05, 3.63) is 32.9 Å². The average Bonchev–Trinajstić information content (AvgIpc) is 2.33. The average molecular weight is 329 g/mol. The van der Waals surface area contributed by atoms with Crippen LogP contribution >= 0.6 is 22.6 Å². The molecule has 2 nitrogen and oxygen atoms in total. The van der Waals surface area contributed by atoms with Crippen LogP contribution in [0.1, 0.15) is 35.2 Å². The second-order valence-electron chi connectivity index (χ2n) is 4.32. The van der Waals surface area contributed by atoms with Gasteiger partial charge in [0.05, 0.1) is 0 Å². The van der Waals surface area contributed by atoms with Crippen molar-refractivity contribution in [1.82, 2.24) is 4.90 Å². The zero-order valence-electron chi connectivity index (χ0n) is 9.50. The number of halogens is 1. The predicted octanol–water partition coefficient (Wildman–Crippen LogP) is 3.23. The third-order valence-corrected chi connectivity index (χ3v) is 4.22. The number of aryl methyl sites for hydroxylation is 1. The van der Waals surface area contributed by atoms with Crippen LogP contribution in [0.4, 0.5) is 0 Å². The van der Waals surface area contributed by atoms with Gasteiger partial charge in [-0.25, -0.2) is 0 Å². The Labute approximate surface area is 110 Å². The first-order valence-electron chi connectivity index (χ1n) is 5.74. The van der Waals surface area contributed by atoms with Gasteiger partial charge in [-0.2, -0.15) is 0 Å². The molecule has 0 bridgehead atoms. The van der Waals surface area contributed by atoms with Gasteiger partial charge in [0.15, 0.2) is 0 Å². The maximum Gasteiger partial charge on any atom is 0.253 e. The van der Waals surface area contributed by atoms with Crippen LogP contribution in [0.15, 0.2) is 18.2 Å². The smallest absolute Gasteiger partial charge is 0.253 e. The number of benzene rings is 1. The lowest BCUT2D eigenvalue weighted by Crippen LogP contribution is -2.35. The van der Waals surface area contributed by atoms with Crippen molar-refractivity contribution in [2.45, 2.75) is 26.2 Å². The number of rotatable bonds is 1. The molecule has 1 aliphatic rings. The van der Waals surface area contributed by atoms with Gasteiger partial charge in [-0.3, -0.25) is 4.79 Å². The van der Waals surface area contributed by atoms with E-state index in [0.29, 0.717) is 0 Å². The van der Waals surface area contributed by atoms with Crippen LogP contribution < -0.4 is 0 Å². The van der Waals surface area contributed by atoms with Crippen LogP contribution in [-0.4, -0.2) is 23.9 Å². The number of nitrogens with zero attached hydrogens (tertiary/aromatic N) is 1. The lowest BCUT2D eigenvalue weighted by Gasteiger charge is -2.26. The number of hydrogen-bond donors (Lipinski definition) is 0. The molecule has 3 heteroatoms. The van der Waals surface area contributed by atoms with Crippen molar-refractivity contribution in [3.63, 3.8) is 0 Å². The summed E-state index contributed by atoms with van der Waals surface area (Å²) in [7, 11) is 0. The van der Waals surface area contributed by atoms with Crippen molar-refractivity contribution < 1.29 is 4.79 Å². The molecule has 0 radical (unpaired) electrons. The standard InChI is InChI=1S/C13H16INO/c1-10-5-6-11(9-12(10)14)13(16)15-7-3-2-4-8-15/h5-6,9H,2-4,7-8H2,1H3. The number of amides is 1. The highest BCUT2D eigenvalue weighted by molar-refractivity contribution is 14.1. The summed E-state index contributed by atoms with van der Waals surface area (Å²) in [4.78, 5) is 14.2. The van der Waals surface area contributed by atoms with Crippen LogP contribution in [0, 0.1) is 10.5 Å². The minimum absolute atomic E-state index is 0.192. The molecule has 1 heterocycles. The highest BCUT2D eigenvalue weighted by atomic mass is 127. The van der Waals surface area contributed by atoms with E-state index in [4.69, 9.17) is 0 Å². The molecule has 0 aliphatic carbocycles. The zero-order valence-corrected chi connectivity index (χ0v) is 11.7. The first kappa shape index (κ1) is 11.9. The Bertz CT molecular complexity index is 397. The first-order valence-corrected chi connectivity index (χ1v) is 6.82. The Morgan fingerprint density at radius 1 is 1.25 bits per heavy atom. The van der Waals surface area contributed by atoms with Crippen LogP contribution in [0.3, 0.4) is 0 Å². The molecule has 0 spiro atoms. The predicted molar refractivity (Wildman–Crippen MR) is 73.7 cm³/mol. The molecule has 2 rings (SSSR count). The highest BCUT2D eigenvalue weighted by Crippen LogP contribution is 2.17. The summed E-state index contributed by atoms with van der Waals surface area (Å²) >= 11 is 2.28. The number of likely N-dealkylation sites (tertiary alicyclic amines) is 1. The maximum absolute atomic E-state index is 12.2. The Morgan fingerprint density at radius 2 is 1.94 bits per heavy atom. The van der Waals surface area contributed by atoms with E-state index in [9.17, 15) is 4.79 Å². The topological polar surface area (TPSA) is 20.3 Å². The van der Waals surface area contributed by atoms with Crippen LogP contribution in [0.5, 0.6) is 0 Å². The molecule has 1 aromatic carbocycles. The fraction of sp³-hybridized carbons (Fsp3) is 0.462. The summed E-state index contributed by atoms with van der Waals surface area (Å²) in [5.41, 5.74) is 2.06. The third-order valence-electron chi connectivity index (χ3n) is 3.06. The Hall–Kier alpha value is -0.580. The van der Waals surface area contributed by atoms with Gasteiger partial charge in [0, 0.05) is 22.2 Å². The van der Waals surface area contributed by atoms with Gasteiger partial charge >= 0.3 is 0 Å². The summed E-state index contributed by atoms with van der Waals surface area (Å²) in [5.74, 6) is 0.192. The SMILES string of the molecule is Cc1ccc(C(=O)N2CCCCC2)cc1I. The zero-order chi connectivity index (χ0) is 11.5. The summed E-state index contributed by atoms with van der Waals surface area (Å²) in [5, 5.41) is 0. The van der Waals surface area contributed by atoms with Crippen LogP contribution in [0.25, 0.3) is 0 Å². The van der Waals surface area contributed by atoms with Crippen molar-refractivity contribution in [3.8, 4) is 0 Å². The normalized spacial score (nSPS) is 16.2. The molecule has 1 aromatic rings. The number of carbonyl (C=O) groups is 1. The molecule has 0 saturated carbocycles. The molecular weight excluding hydrogens is 313 g/mol. The van der Waals surface area contributed by atoms with Crippen molar-refractivity contribution in [2.24, 2.45) is 0 Å². The molecule has 0 atom stereocenters. The maximum atomic E-state index is 12.2. The highest BCUT2D eigenvalue weighted by Gasteiger charge is 2.18. The lowest BCUT2D eigenvalue weighted by molar-refractivity contribution is 0.0724. The largest absolute Gasteiger partial charge is 0.339 e. The van der Waals surface area contributed by atoms with E-state index in [2.05, 4.69) is 29.5 Å². The van der Waals surface area contributed by atoms with Crippen molar-refractivity contribution in [1.29, 1.82) is 0 Å². The van der Waals surface area contributed by atoms with Gasteiger partial charge < -0.3 is 4.90 Å². The van der Waals surface area contributed by atoms with E-state index in [1.165, 1.54) is 15.6 Å². The Morgan fingerprint density at radius 3 is 2.56 bits per heavy atom. The van der Waals surface area contributed by atoms with Crippen LogP contribution in [-0.2, 0) is 0 Å². The monoisotopic (exact) mass is 329 g/mol. The molecule has 1 fully saturated rings. The van der Waals surface area contributed by atoms with Crippen molar-refractivity contribution >= 4 is 28.5 Å². The Balaban J connectivity index is 2.16. The summed E-state index contributed by atoms with van der Waals surface area (Å²) in [6.07, 6.45) is 3.55. The van der Waals surface area contributed by atoms with Gasteiger partial charge in [0.2, 0.25) is 0 Å². The van der Waals surface area contributed by atoms with E-state index in [0.717, 1.165) is 31.5 Å². The van der Waals surface area contributed by atoms with Gasteiger partial charge in [0.25, 0.3) is 5.91 Å². The molecule has 0 aromatic heterocycles. The minimum atomic E-state index is 0.192. The van der Waals surface area contributed by atoms with E-state index in [-0.39, 0.29) is 5.91 Å². The number of carbonyl (C=O) groups excluding carboxylic acids is 1. The van der Waals surface area contributed by atoms with Crippen molar-refractivity contribution in [2.75, 3.05) is 13.1 Å². The second kappa shape index (κ2) is 5.17. The molecule has 16 heavy (non-hydrogen) atoms. The Kier molecular flexibility index (Phi) is 3.84. The molecule has 0 unspecified atom stereocenters. The van der Waals surface area contributed by atoms with E-state index in [1.54, 1.807) is 0 Å². The van der Waals surface area contributed by atoms with E-state index in [1.807, 2.05) is 23.1 Å².